The van der Waals surface area contributed by atoms with Crippen molar-refractivity contribution in [3.8, 4) is 0 Å². The van der Waals surface area contributed by atoms with E-state index in [0.29, 0.717) is 12.5 Å². The lowest BCUT2D eigenvalue weighted by molar-refractivity contribution is 0.0943. The van der Waals surface area contributed by atoms with Crippen LogP contribution in [0.15, 0.2) is 0 Å². The monoisotopic (exact) mass is 208 g/mol. The van der Waals surface area contributed by atoms with Crippen LogP contribution >= 0.6 is 0 Å². The number of nitrogens with zero attached hydrogens (tertiary/aromatic N) is 2. The van der Waals surface area contributed by atoms with Gasteiger partial charge in [-0.3, -0.25) is 9.89 Å². The lowest BCUT2D eigenvalue weighted by atomic mass is 10.3. The molecule has 1 aliphatic rings. The molecule has 5 heteroatoms. The van der Waals surface area contributed by atoms with E-state index >= 15 is 0 Å². The van der Waals surface area contributed by atoms with Gasteiger partial charge in [-0.15, -0.1) is 5.10 Å². The molecule has 1 amide bonds. The van der Waals surface area contributed by atoms with Gasteiger partial charge in [0.05, 0.1) is 0 Å². The van der Waals surface area contributed by atoms with Crippen molar-refractivity contribution >= 4 is 5.91 Å². The summed E-state index contributed by atoms with van der Waals surface area (Å²) in [6.07, 6.45) is 4.38. The van der Waals surface area contributed by atoms with Gasteiger partial charge in [0.1, 0.15) is 5.82 Å². The smallest absolute Gasteiger partial charge is 0.290 e. The van der Waals surface area contributed by atoms with Gasteiger partial charge >= 0.3 is 0 Å². The summed E-state index contributed by atoms with van der Waals surface area (Å²) >= 11 is 0. The minimum atomic E-state index is -0.174. The molecule has 1 aliphatic carbocycles. The summed E-state index contributed by atoms with van der Waals surface area (Å²) in [5, 5.41) is 9.51. The molecule has 0 aliphatic heterocycles. The first-order valence-corrected chi connectivity index (χ1v) is 5.51. The molecule has 5 nitrogen and oxygen atoms in total. The molecule has 1 aromatic rings. The van der Waals surface area contributed by atoms with Gasteiger partial charge in [-0.05, 0) is 19.3 Å². The average Bonchev–Trinajstić information content (AvgIpc) is 2.97. The van der Waals surface area contributed by atoms with Gasteiger partial charge in [0, 0.05) is 12.5 Å². The first kappa shape index (κ1) is 10.1. The summed E-state index contributed by atoms with van der Waals surface area (Å²) in [6.45, 7) is 2.78. The minimum absolute atomic E-state index is 0.174. The Morgan fingerprint density at radius 1 is 1.60 bits per heavy atom. The number of aromatic nitrogens is 3. The number of amides is 1. The van der Waals surface area contributed by atoms with E-state index in [0.717, 1.165) is 31.5 Å². The molecule has 1 saturated carbocycles. The Hall–Kier alpha value is -1.39. The second-order valence-corrected chi connectivity index (χ2v) is 3.93. The SMILES string of the molecule is CCCCNC(=O)c1n[nH]c(C2CC2)n1. The molecule has 0 radical (unpaired) electrons. The van der Waals surface area contributed by atoms with Gasteiger partial charge in [0.15, 0.2) is 0 Å². The van der Waals surface area contributed by atoms with Gasteiger partial charge in [0.25, 0.3) is 5.91 Å². The zero-order valence-corrected chi connectivity index (χ0v) is 8.92. The fourth-order valence-electron chi connectivity index (χ4n) is 1.37. The Morgan fingerprint density at radius 2 is 2.40 bits per heavy atom. The highest BCUT2D eigenvalue weighted by Gasteiger charge is 2.27. The molecule has 1 aromatic heterocycles. The molecule has 0 saturated heterocycles. The van der Waals surface area contributed by atoms with Crippen molar-refractivity contribution in [3.05, 3.63) is 11.6 Å². The first-order valence-electron chi connectivity index (χ1n) is 5.51. The third-order valence-corrected chi connectivity index (χ3v) is 2.49. The van der Waals surface area contributed by atoms with Gasteiger partial charge < -0.3 is 5.32 Å². The van der Waals surface area contributed by atoms with Crippen LogP contribution in [0.4, 0.5) is 0 Å². The molecule has 2 rings (SSSR count). The quantitative estimate of drug-likeness (QED) is 0.714. The van der Waals surface area contributed by atoms with Crippen molar-refractivity contribution in [2.75, 3.05) is 6.54 Å². The number of nitrogens with one attached hydrogen (secondary N) is 2. The predicted molar refractivity (Wildman–Crippen MR) is 55.6 cm³/mol. The van der Waals surface area contributed by atoms with Gasteiger partial charge in [0.2, 0.25) is 5.82 Å². The maximum atomic E-state index is 11.5. The van der Waals surface area contributed by atoms with E-state index in [9.17, 15) is 4.79 Å². The van der Waals surface area contributed by atoms with E-state index in [1.807, 2.05) is 0 Å². The maximum Gasteiger partial charge on any atom is 0.290 e. The number of carbonyl (C=O) groups excluding carboxylic acids is 1. The molecular formula is C10H16N4O. The van der Waals surface area contributed by atoms with Gasteiger partial charge in [-0.1, -0.05) is 13.3 Å². The topological polar surface area (TPSA) is 70.7 Å². The Morgan fingerprint density at radius 3 is 3.07 bits per heavy atom. The Labute approximate surface area is 88.7 Å². The summed E-state index contributed by atoms with van der Waals surface area (Å²) in [4.78, 5) is 15.7. The molecule has 82 valence electrons. The van der Waals surface area contributed by atoms with E-state index in [1.165, 1.54) is 0 Å². The van der Waals surface area contributed by atoms with Crippen LogP contribution in [0.1, 0.15) is 55.0 Å². The largest absolute Gasteiger partial charge is 0.349 e. The van der Waals surface area contributed by atoms with E-state index in [4.69, 9.17) is 0 Å². The normalized spacial score (nSPS) is 15.3. The molecule has 0 aromatic carbocycles. The zero-order chi connectivity index (χ0) is 10.7. The van der Waals surface area contributed by atoms with Crippen molar-refractivity contribution < 1.29 is 4.79 Å². The highest BCUT2D eigenvalue weighted by molar-refractivity contribution is 5.90. The van der Waals surface area contributed by atoms with Crippen LogP contribution in [-0.2, 0) is 0 Å². The summed E-state index contributed by atoms with van der Waals surface area (Å²) in [5.74, 6) is 1.46. The molecule has 15 heavy (non-hydrogen) atoms. The fourth-order valence-corrected chi connectivity index (χ4v) is 1.37. The highest BCUT2D eigenvalue weighted by Crippen LogP contribution is 2.37. The number of unbranched alkanes of at least 4 members (excludes halogenated alkanes) is 1. The molecule has 0 spiro atoms. The number of hydrogen-bond acceptors (Lipinski definition) is 3. The van der Waals surface area contributed by atoms with E-state index < -0.39 is 0 Å². The minimum Gasteiger partial charge on any atom is -0.349 e. The van der Waals surface area contributed by atoms with Crippen LogP contribution in [0.3, 0.4) is 0 Å². The van der Waals surface area contributed by atoms with Crippen molar-refractivity contribution in [3.63, 3.8) is 0 Å². The first-order chi connectivity index (χ1) is 7.31. The van der Waals surface area contributed by atoms with Gasteiger partial charge in [-0.2, -0.15) is 0 Å². The molecule has 0 atom stereocenters. The van der Waals surface area contributed by atoms with E-state index in [-0.39, 0.29) is 11.7 Å². The van der Waals surface area contributed by atoms with Crippen LogP contribution in [-0.4, -0.2) is 27.6 Å². The van der Waals surface area contributed by atoms with Crippen molar-refractivity contribution in [2.45, 2.75) is 38.5 Å². The summed E-state index contributed by atoms with van der Waals surface area (Å²) < 4.78 is 0. The van der Waals surface area contributed by atoms with Crippen LogP contribution in [0, 0.1) is 0 Å². The average molecular weight is 208 g/mol. The Balaban J connectivity index is 1.87. The number of carbonyl (C=O) groups is 1. The number of hydrogen-bond donors (Lipinski definition) is 2. The molecular weight excluding hydrogens is 192 g/mol. The van der Waals surface area contributed by atoms with Crippen molar-refractivity contribution in [1.29, 1.82) is 0 Å². The second-order valence-electron chi connectivity index (χ2n) is 3.93. The van der Waals surface area contributed by atoms with Crippen molar-refractivity contribution in [2.24, 2.45) is 0 Å². The standard InChI is InChI=1S/C10H16N4O/c1-2-3-6-11-10(15)9-12-8(13-14-9)7-4-5-7/h7H,2-6H2,1H3,(H,11,15)(H,12,13,14). The zero-order valence-electron chi connectivity index (χ0n) is 8.92. The molecule has 2 N–H and O–H groups in total. The van der Waals surface area contributed by atoms with Crippen LogP contribution in [0.25, 0.3) is 0 Å². The van der Waals surface area contributed by atoms with Crippen LogP contribution < -0.4 is 5.32 Å². The third kappa shape index (κ3) is 2.55. The maximum absolute atomic E-state index is 11.5. The summed E-state index contributed by atoms with van der Waals surface area (Å²) in [6, 6.07) is 0. The Kier molecular flexibility index (Phi) is 2.99. The van der Waals surface area contributed by atoms with Crippen LogP contribution in [0.5, 0.6) is 0 Å². The van der Waals surface area contributed by atoms with E-state index in [2.05, 4.69) is 27.4 Å². The fraction of sp³-hybridized carbons (Fsp3) is 0.700. The lowest BCUT2D eigenvalue weighted by Gasteiger charge is -1.99. The molecule has 0 bridgehead atoms. The molecule has 1 heterocycles. The third-order valence-electron chi connectivity index (χ3n) is 2.49. The second kappa shape index (κ2) is 4.42. The molecule has 0 unspecified atom stereocenters. The van der Waals surface area contributed by atoms with E-state index in [1.54, 1.807) is 0 Å². The number of H-pyrrole nitrogens is 1. The number of aromatic amines is 1. The van der Waals surface area contributed by atoms with Gasteiger partial charge in [-0.25, -0.2) is 4.98 Å². The summed E-state index contributed by atoms with van der Waals surface area (Å²) in [5.41, 5.74) is 0. The highest BCUT2D eigenvalue weighted by atomic mass is 16.2. The lowest BCUT2D eigenvalue weighted by Crippen LogP contribution is -2.25. The Bertz CT molecular complexity index is 343. The number of rotatable bonds is 5. The predicted octanol–water partition coefficient (Wildman–Crippen LogP) is 1.21. The summed E-state index contributed by atoms with van der Waals surface area (Å²) in [7, 11) is 0. The van der Waals surface area contributed by atoms with Crippen LogP contribution in [0.2, 0.25) is 0 Å². The molecule has 1 fully saturated rings. The van der Waals surface area contributed by atoms with Crippen molar-refractivity contribution in [1.82, 2.24) is 20.5 Å².